The van der Waals surface area contributed by atoms with Gasteiger partial charge in [-0.1, -0.05) is 30.7 Å². The lowest BCUT2D eigenvalue weighted by molar-refractivity contribution is 0.0475. The van der Waals surface area contributed by atoms with Crippen molar-refractivity contribution in [3.8, 4) is 0 Å². The zero-order valence-corrected chi connectivity index (χ0v) is 13.9. The topological polar surface area (TPSA) is 52.6 Å². The average molecular weight is 313 g/mol. The molecule has 0 heterocycles. The van der Waals surface area contributed by atoms with Crippen molar-refractivity contribution in [3.63, 3.8) is 0 Å². The first-order chi connectivity index (χ1) is 9.76. The number of aliphatic hydroxyl groups is 1. The zero-order chi connectivity index (χ0) is 16.0. The molecule has 0 saturated carbocycles. The molecular weight excluding hydrogens is 288 g/mol. The highest BCUT2D eigenvalue weighted by molar-refractivity contribution is 6.30. The highest BCUT2D eigenvalue weighted by atomic mass is 35.5. The minimum atomic E-state index is -0.912. The summed E-state index contributed by atoms with van der Waals surface area (Å²) in [5, 5.41) is 13.5. The van der Waals surface area contributed by atoms with Crippen LogP contribution in [0.4, 0.5) is 4.79 Å². The van der Waals surface area contributed by atoms with Crippen LogP contribution >= 0.6 is 11.6 Å². The van der Waals surface area contributed by atoms with E-state index in [9.17, 15) is 9.90 Å². The number of hydrogen-bond acceptors (Lipinski definition) is 2. The summed E-state index contributed by atoms with van der Waals surface area (Å²) in [7, 11) is 0. The van der Waals surface area contributed by atoms with E-state index in [1.54, 1.807) is 18.7 Å². The molecule has 1 aromatic rings. The minimum Gasteiger partial charge on any atom is -0.389 e. The maximum atomic E-state index is 12.4. The Bertz CT molecular complexity index is 472. The molecule has 1 aromatic carbocycles. The second-order valence-electron chi connectivity index (χ2n) is 5.79. The molecule has 2 N–H and O–H groups in total. The van der Waals surface area contributed by atoms with Gasteiger partial charge in [-0.05, 0) is 44.9 Å². The molecular formula is C16H25ClN2O2. The maximum absolute atomic E-state index is 12.4. The number of urea groups is 1. The van der Waals surface area contributed by atoms with Gasteiger partial charge in [-0.2, -0.15) is 0 Å². The standard InChI is InChI=1S/C16H25ClN2O2/c1-5-14(12-8-7-9-13(17)10-12)18-15(20)19(6-2)11-16(3,4)21/h7-10,14,21H,5-6,11H2,1-4H3,(H,18,20). The summed E-state index contributed by atoms with van der Waals surface area (Å²) in [6, 6.07) is 7.24. The SMILES string of the molecule is CCC(NC(=O)N(CC)CC(C)(C)O)c1cccc(Cl)c1. The first-order valence-electron chi connectivity index (χ1n) is 7.30. The van der Waals surface area contributed by atoms with Crippen LogP contribution in [0.1, 0.15) is 45.7 Å². The minimum absolute atomic E-state index is 0.0907. The van der Waals surface area contributed by atoms with Crippen molar-refractivity contribution in [2.45, 2.75) is 45.8 Å². The molecule has 0 spiro atoms. The fourth-order valence-electron chi connectivity index (χ4n) is 2.18. The summed E-state index contributed by atoms with van der Waals surface area (Å²) in [5.74, 6) is 0. The van der Waals surface area contributed by atoms with Gasteiger partial charge in [0.2, 0.25) is 0 Å². The number of halogens is 1. The predicted molar refractivity (Wildman–Crippen MR) is 86.6 cm³/mol. The molecule has 0 radical (unpaired) electrons. The third kappa shape index (κ3) is 5.94. The van der Waals surface area contributed by atoms with Gasteiger partial charge in [0.05, 0.1) is 18.2 Å². The highest BCUT2D eigenvalue weighted by Crippen LogP contribution is 2.20. The van der Waals surface area contributed by atoms with E-state index in [4.69, 9.17) is 11.6 Å². The third-order valence-corrected chi connectivity index (χ3v) is 3.44. The Labute approximate surface area is 132 Å². The van der Waals surface area contributed by atoms with Gasteiger partial charge in [-0.3, -0.25) is 0 Å². The van der Waals surface area contributed by atoms with E-state index in [0.717, 1.165) is 12.0 Å². The van der Waals surface area contributed by atoms with Crippen LogP contribution in [0.15, 0.2) is 24.3 Å². The molecule has 1 atom stereocenters. The molecule has 0 fully saturated rings. The third-order valence-electron chi connectivity index (χ3n) is 3.20. The molecule has 0 aliphatic carbocycles. The lowest BCUT2D eigenvalue weighted by Crippen LogP contribution is -2.47. The second kappa shape index (κ2) is 7.66. The van der Waals surface area contributed by atoms with E-state index in [2.05, 4.69) is 5.32 Å². The van der Waals surface area contributed by atoms with E-state index in [-0.39, 0.29) is 12.1 Å². The van der Waals surface area contributed by atoms with Crippen molar-refractivity contribution in [1.82, 2.24) is 10.2 Å². The van der Waals surface area contributed by atoms with Crippen LogP contribution in [0.25, 0.3) is 0 Å². The fraction of sp³-hybridized carbons (Fsp3) is 0.562. The van der Waals surface area contributed by atoms with Gasteiger partial charge in [-0.15, -0.1) is 0 Å². The van der Waals surface area contributed by atoms with Crippen molar-refractivity contribution < 1.29 is 9.90 Å². The molecule has 118 valence electrons. The molecule has 2 amide bonds. The Morgan fingerprint density at radius 3 is 2.57 bits per heavy atom. The van der Waals surface area contributed by atoms with Crippen LogP contribution in [-0.4, -0.2) is 34.7 Å². The van der Waals surface area contributed by atoms with Crippen molar-refractivity contribution in [2.24, 2.45) is 0 Å². The summed E-state index contributed by atoms with van der Waals surface area (Å²) in [6.45, 7) is 8.13. The molecule has 0 saturated heterocycles. The van der Waals surface area contributed by atoms with Crippen molar-refractivity contribution in [1.29, 1.82) is 0 Å². The van der Waals surface area contributed by atoms with E-state index in [1.807, 2.05) is 38.1 Å². The smallest absolute Gasteiger partial charge is 0.317 e. The molecule has 0 aliphatic heterocycles. The van der Waals surface area contributed by atoms with Gasteiger partial charge in [0.1, 0.15) is 0 Å². The summed E-state index contributed by atoms with van der Waals surface area (Å²) in [5.41, 5.74) is 0.0724. The summed E-state index contributed by atoms with van der Waals surface area (Å²) in [4.78, 5) is 14.0. The first-order valence-corrected chi connectivity index (χ1v) is 7.68. The van der Waals surface area contributed by atoms with Crippen LogP contribution in [0, 0.1) is 0 Å². The van der Waals surface area contributed by atoms with Crippen LogP contribution < -0.4 is 5.32 Å². The Morgan fingerprint density at radius 1 is 1.43 bits per heavy atom. The Balaban J connectivity index is 2.78. The molecule has 0 bridgehead atoms. The van der Waals surface area contributed by atoms with E-state index in [0.29, 0.717) is 18.1 Å². The molecule has 4 nitrogen and oxygen atoms in total. The highest BCUT2D eigenvalue weighted by Gasteiger charge is 2.23. The molecule has 21 heavy (non-hydrogen) atoms. The van der Waals surface area contributed by atoms with Gasteiger partial charge < -0.3 is 15.3 Å². The number of hydrogen-bond donors (Lipinski definition) is 2. The van der Waals surface area contributed by atoms with Gasteiger partial charge >= 0.3 is 6.03 Å². The summed E-state index contributed by atoms with van der Waals surface area (Å²) >= 11 is 6.00. The number of likely N-dealkylation sites (N-methyl/N-ethyl adjacent to an activating group) is 1. The van der Waals surface area contributed by atoms with Crippen LogP contribution in [0.2, 0.25) is 5.02 Å². The number of carbonyl (C=O) groups is 1. The molecule has 1 rings (SSSR count). The molecule has 0 aromatic heterocycles. The van der Waals surface area contributed by atoms with Crippen molar-refractivity contribution in [3.05, 3.63) is 34.9 Å². The number of benzene rings is 1. The van der Waals surface area contributed by atoms with E-state index < -0.39 is 5.60 Å². The first kappa shape index (κ1) is 17.8. The number of rotatable bonds is 6. The number of nitrogens with zero attached hydrogens (tertiary/aromatic N) is 1. The largest absolute Gasteiger partial charge is 0.389 e. The monoisotopic (exact) mass is 312 g/mol. The average Bonchev–Trinajstić information content (AvgIpc) is 2.40. The van der Waals surface area contributed by atoms with E-state index in [1.165, 1.54) is 0 Å². The van der Waals surface area contributed by atoms with Crippen LogP contribution in [0.3, 0.4) is 0 Å². The quantitative estimate of drug-likeness (QED) is 0.843. The van der Waals surface area contributed by atoms with Gasteiger partial charge in [0, 0.05) is 11.6 Å². The normalized spacial score (nSPS) is 12.9. The van der Waals surface area contributed by atoms with Crippen molar-refractivity contribution >= 4 is 17.6 Å². The van der Waals surface area contributed by atoms with Gasteiger partial charge in [0.15, 0.2) is 0 Å². The molecule has 5 heteroatoms. The lowest BCUT2D eigenvalue weighted by atomic mass is 10.0. The van der Waals surface area contributed by atoms with Crippen LogP contribution in [-0.2, 0) is 0 Å². The Morgan fingerprint density at radius 2 is 2.10 bits per heavy atom. The van der Waals surface area contributed by atoms with Gasteiger partial charge in [0.25, 0.3) is 0 Å². The summed E-state index contributed by atoms with van der Waals surface area (Å²) in [6.07, 6.45) is 0.770. The van der Waals surface area contributed by atoms with Crippen LogP contribution in [0.5, 0.6) is 0 Å². The number of nitrogens with one attached hydrogen (secondary N) is 1. The number of carbonyl (C=O) groups excluding carboxylic acids is 1. The number of amides is 2. The lowest BCUT2D eigenvalue weighted by Gasteiger charge is -2.30. The van der Waals surface area contributed by atoms with Gasteiger partial charge in [-0.25, -0.2) is 4.79 Å². The second-order valence-corrected chi connectivity index (χ2v) is 6.23. The molecule has 0 aliphatic rings. The Kier molecular flexibility index (Phi) is 6.49. The zero-order valence-electron chi connectivity index (χ0n) is 13.2. The van der Waals surface area contributed by atoms with Crippen molar-refractivity contribution in [2.75, 3.05) is 13.1 Å². The maximum Gasteiger partial charge on any atom is 0.317 e. The fourth-order valence-corrected chi connectivity index (χ4v) is 2.38. The Hall–Kier alpha value is -1.26. The van der Waals surface area contributed by atoms with E-state index >= 15 is 0 Å². The summed E-state index contributed by atoms with van der Waals surface area (Å²) < 4.78 is 0. The predicted octanol–water partition coefficient (Wildman–Crippen LogP) is 3.59. The molecule has 1 unspecified atom stereocenters.